The van der Waals surface area contributed by atoms with Gasteiger partial charge in [-0.2, -0.15) is 5.26 Å². The maximum atomic E-state index is 8.41. The highest BCUT2D eigenvalue weighted by Crippen LogP contribution is 2.13. The van der Waals surface area contributed by atoms with Crippen molar-refractivity contribution in [3.63, 3.8) is 0 Å². The predicted molar refractivity (Wildman–Crippen MR) is 49.3 cm³/mol. The van der Waals surface area contributed by atoms with Crippen molar-refractivity contribution in [2.24, 2.45) is 0 Å². The third-order valence-electron chi connectivity index (χ3n) is 1.97. The van der Waals surface area contributed by atoms with Crippen LogP contribution in [0.5, 0.6) is 0 Å². The third kappa shape index (κ3) is 2.43. The molecule has 0 aliphatic carbocycles. The number of hydrogen-bond donors (Lipinski definition) is 1. The molecule has 1 rings (SSSR count). The van der Waals surface area contributed by atoms with E-state index in [1.165, 1.54) is 11.1 Å². The molecule has 0 aromatic rings. The van der Waals surface area contributed by atoms with E-state index < -0.39 is 0 Å². The monoisotopic (exact) mass is 162 g/mol. The molecule has 0 spiro atoms. The molecule has 12 heavy (non-hydrogen) atoms. The zero-order valence-electron chi connectivity index (χ0n) is 7.43. The van der Waals surface area contributed by atoms with E-state index in [2.05, 4.69) is 30.6 Å². The molecule has 1 heterocycles. The highest BCUT2D eigenvalue weighted by atomic mass is 14.8. The molecule has 0 aromatic heterocycles. The third-order valence-corrected chi connectivity index (χ3v) is 1.97. The van der Waals surface area contributed by atoms with Crippen LogP contribution in [0.1, 0.15) is 26.2 Å². The summed E-state index contributed by atoms with van der Waals surface area (Å²) in [6.45, 7) is 3.04. The summed E-state index contributed by atoms with van der Waals surface area (Å²) in [5.41, 5.74) is 2.67. The quantitative estimate of drug-likeness (QED) is 0.690. The number of allylic oxidation sites excluding steroid dienone is 2. The van der Waals surface area contributed by atoms with Gasteiger partial charge in [0.05, 0.1) is 6.07 Å². The minimum Gasteiger partial charge on any atom is -0.387 e. The van der Waals surface area contributed by atoms with Crippen molar-refractivity contribution in [2.75, 3.05) is 6.54 Å². The fourth-order valence-corrected chi connectivity index (χ4v) is 1.25. The Bertz CT molecular complexity index is 243. The van der Waals surface area contributed by atoms with E-state index in [1.807, 2.05) is 0 Å². The molecule has 1 aliphatic heterocycles. The van der Waals surface area contributed by atoms with Crippen molar-refractivity contribution in [3.05, 3.63) is 23.4 Å². The van der Waals surface area contributed by atoms with Crippen LogP contribution in [0.4, 0.5) is 0 Å². The predicted octanol–water partition coefficient (Wildman–Crippen LogP) is 2.11. The summed E-state index contributed by atoms with van der Waals surface area (Å²) in [6, 6.07) is 2.16. The summed E-state index contributed by atoms with van der Waals surface area (Å²) in [7, 11) is 0. The molecule has 0 unspecified atom stereocenters. The summed E-state index contributed by atoms with van der Waals surface area (Å²) in [4.78, 5) is 0. The smallest absolute Gasteiger partial charge is 0.0625 e. The highest BCUT2D eigenvalue weighted by Gasteiger charge is 2.02. The molecular formula is C10H14N2. The van der Waals surface area contributed by atoms with E-state index in [1.54, 1.807) is 0 Å². The normalized spacial score (nSPS) is 15.7. The molecule has 2 heteroatoms. The molecule has 64 valence electrons. The lowest BCUT2D eigenvalue weighted by atomic mass is 10.0. The van der Waals surface area contributed by atoms with Gasteiger partial charge in [0.1, 0.15) is 0 Å². The highest BCUT2D eigenvalue weighted by molar-refractivity contribution is 5.27. The van der Waals surface area contributed by atoms with E-state index in [-0.39, 0.29) is 0 Å². The van der Waals surface area contributed by atoms with Crippen LogP contribution in [0.3, 0.4) is 0 Å². The van der Waals surface area contributed by atoms with Gasteiger partial charge in [-0.3, -0.25) is 0 Å². The molecule has 0 atom stereocenters. The van der Waals surface area contributed by atoms with Gasteiger partial charge in [0.25, 0.3) is 0 Å². The molecule has 0 amide bonds. The van der Waals surface area contributed by atoms with Crippen LogP contribution in [-0.2, 0) is 0 Å². The van der Waals surface area contributed by atoms with Gasteiger partial charge in [-0.15, -0.1) is 0 Å². The van der Waals surface area contributed by atoms with E-state index in [0.717, 1.165) is 19.4 Å². The van der Waals surface area contributed by atoms with Crippen molar-refractivity contribution in [3.8, 4) is 6.07 Å². The second-order valence-corrected chi connectivity index (χ2v) is 2.91. The Morgan fingerprint density at radius 3 is 3.17 bits per heavy atom. The SMILES string of the molecule is CCC1=CNCC(CCC#N)=C1. The van der Waals surface area contributed by atoms with Crippen LogP contribution in [-0.4, -0.2) is 6.54 Å². The summed E-state index contributed by atoms with van der Waals surface area (Å²) in [5, 5.41) is 11.6. The Morgan fingerprint density at radius 1 is 1.67 bits per heavy atom. The maximum absolute atomic E-state index is 8.41. The first-order valence-electron chi connectivity index (χ1n) is 4.35. The van der Waals surface area contributed by atoms with Crippen LogP contribution < -0.4 is 5.32 Å². The van der Waals surface area contributed by atoms with Gasteiger partial charge in [-0.1, -0.05) is 13.0 Å². The molecule has 0 bridgehead atoms. The van der Waals surface area contributed by atoms with Crippen LogP contribution >= 0.6 is 0 Å². The van der Waals surface area contributed by atoms with Gasteiger partial charge in [-0.05, 0) is 30.2 Å². The number of dihydropyridines is 1. The van der Waals surface area contributed by atoms with Crippen molar-refractivity contribution < 1.29 is 0 Å². The zero-order chi connectivity index (χ0) is 8.81. The summed E-state index contributed by atoms with van der Waals surface area (Å²) >= 11 is 0. The lowest BCUT2D eigenvalue weighted by molar-refractivity contribution is 0.826. The molecular weight excluding hydrogens is 148 g/mol. The number of nitrogens with one attached hydrogen (secondary N) is 1. The Labute approximate surface area is 73.6 Å². The van der Waals surface area contributed by atoms with Crippen molar-refractivity contribution in [1.82, 2.24) is 5.32 Å². The van der Waals surface area contributed by atoms with Gasteiger partial charge in [0, 0.05) is 13.0 Å². The van der Waals surface area contributed by atoms with E-state index in [0.29, 0.717) is 6.42 Å². The second-order valence-electron chi connectivity index (χ2n) is 2.91. The molecule has 1 N–H and O–H groups in total. The van der Waals surface area contributed by atoms with Gasteiger partial charge in [0.15, 0.2) is 0 Å². The Kier molecular flexibility index (Phi) is 3.40. The fraction of sp³-hybridized carbons (Fsp3) is 0.500. The summed E-state index contributed by atoms with van der Waals surface area (Å²) < 4.78 is 0. The number of nitriles is 1. The van der Waals surface area contributed by atoms with Crippen LogP contribution in [0.2, 0.25) is 0 Å². The van der Waals surface area contributed by atoms with E-state index in [9.17, 15) is 0 Å². The number of nitrogens with zero attached hydrogens (tertiary/aromatic N) is 1. The molecule has 2 nitrogen and oxygen atoms in total. The standard InChI is InChI=1S/C10H14N2/c1-2-9-6-10(4-3-5-11)8-12-7-9/h6-7,12H,2-4,8H2,1H3. The first kappa shape index (κ1) is 8.86. The van der Waals surface area contributed by atoms with Crippen molar-refractivity contribution in [1.29, 1.82) is 5.26 Å². The average Bonchev–Trinajstić information content (AvgIpc) is 2.15. The molecule has 1 aliphatic rings. The van der Waals surface area contributed by atoms with Crippen molar-refractivity contribution in [2.45, 2.75) is 26.2 Å². The largest absolute Gasteiger partial charge is 0.387 e. The summed E-state index contributed by atoms with van der Waals surface area (Å²) in [6.07, 6.45) is 6.85. The average molecular weight is 162 g/mol. The molecule has 0 fully saturated rings. The molecule has 0 radical (unpaired) electrons. The first-order chi connectivity index (χ1) is 5.86. The Balaban J connectivity index is 2.49. The van der Waals surface area contributed by atoms with Gasteiger partial charge < -0.3 is 5.32 Å². The topological polar surface area (TPSA) is 35.8 Å². The number of rotatable bonds is 3. The van der Waals surface area contributed by atoms with E-state index >= 15 is 0 Å². The Hall–Kier alpha value is -1.23. The van der Waals surface area contributed by atoms with Gasteiger partial charge in [-0.25, -0.2) is 0 Å². The van der Waals surface area contributed by atoms with Crippen LogP contribution in [0.25, 0.3) is 0 Å². The minimum atomic E-state index is 0.629. The Morgan fingerprint density at radius 2 is 2.50 bits per heavy atom. The van der Waals surface area contributed by atoms with Crippen LogP contribution in [0, 0.1) is 11.3 Å². The molecule has 0 aromatic carbocycles. The second kappa shape index (κ2) is 4.61. The first-order valence-corrected chi connectivity index (χ1v) is 4.35. The van der Waals surface area contributed by atoms with E-state index in [4.69, 9.17) is 5.26 Å². The van der Waals surface area contributed by atoms with Gasteiger partial charge in [0.2, 0.25) is 0 Å². The molecule has 0 saturated heterocycles. The summed E-state index contributed by atoms with van der Waals surface area (Å²) in [5.74, 6) is 0. The minimum absolute atomic E-state index is 0.629. The lowest BCUT2D eigenvalue weighted by Crippen LogP contribution is -2.14. The maximum Gasteiger partial charge on any atom is 0.0625 e. The number of hydrogen-bond acceptors (Lipinski definition) is 2. The van der Waals surface area contributed by atoms with Crippen molar-refractivity contribution >= 4 is 0 Å². The van der Waals surface area contributed by atoms with Gasteiger partial charge >= 0.3 is 0 Å². The zero-order valence-corrected chi connectivity index (χ0v) is 7.43. The van der Waals surface area contributed by atoms with Crippen LogP contribution in [0.15, 0.2) is 23.4 Å². The molecule has 0 saturated carbocycles. The lowest BCUT2D eigenvalue weighted by Gasteiger charge is -2.13. The fourth-order valence-electron chi connectivity index (χ4n) is 1.25.